The molecule has 2 fully saturated rings. The lowest BCUT2D eigenvalue weighted by molar-refractivity contribution is -0.140. The van der Waals surface area contributed by atoms with E-state index in [1.54, 1.807) is 4.90 Å². The van der Waals surface area contributed by atoms with Crippen molar-refractivity contribution in [3.05, 3.63) is 35.9 Å². The van der Waals surface area contributed by atoms with Gasteiger partial charge >= 0.3 is 0 Å². The molecule has 2 saturated heterocycles. The van der Waals surface area contributed by atoms with Crippen LogP contribution in [0.5, 0.6) is 0 Å². The van der Waals surface area contributed by atoms with Gasteiger partial charge in [0.2, 0.25) is 5.95 Å². The summed E-state index contributed by atoms with van der Waals surface area (Å²) in [7, 11) is 2.03. The molecular weight excluding hydrogens is 496 g/mol. The lowest BCUT2D eigenvalue weighted by atomic mass is 9.93. The number of hydrogen-bond donors (Lipinski definition) is 1. The van der Waals surface area contributed by atoms with Crippen molar-refractivity contribution in [1.29, 1.82) is 0 Å². The predicted octanol–water partition coefficient (Wildman–Crippen LogP) is 2.26. The summed E-state index contributed by atoms with van der Waals surface area (Å²) in [4.78, 5) is 36.4. The van der Waals surface area contributed by atoms with Crippen LogP contribution in [0.15, 0.2) is 24.3 Å². The molecule has 11 heteroatoms. The zero-order chi connectivity index (χ0) is 27.1. The molecule has 6 rings (SSSR count). The zero-order valence-electron chi connectivity index (χ0n) is 22.9. The number of benzene rings is 1. The first-order valence-corrected chi connectivity index (χ1v) is 13.9. The molecular formula is C28H36N8O3. The van der Waals surface area contributed by atoms with Crippen molar-refractivity contribution in [1.82, 2.24) is 34.0 Å². The Bertz CT molecular complexity index is 1500. The Morgan fingerprint density at radius 1 is 1.05 bits per heavy atom. The fourth-order valence-corrected chi connectivity index (χ4v) is 5.77. The number of fused-ring (bicyclic) bond motifs is 2. The van der Waals surface area contributed by atoms with E-state index in [0.29, 0.717) is 38.2 Å². The number of ether oxygens (including phenoxy) is 1. The van der Waals surface area contributed by atoms with E-state index < -0.39 is 6.10 Å². The normalized spacial score (nSPS) is 17.8. The van der Waals surface area contributed by atoms with Crippen LogP contribution < -0.4 is 4.90 Å². The molecule has 1 amide bonds. The molecule has 0 radical (unpaired) electrons. The highest BCUT2D eigenvalue weighted by Gasteiger charge is 2.28. The van der Waals surface area contributed by atoms with Crippen LogP contribution in [0.1, 0.15) is 38.3 Å². The molecule has 2 aliphatic rings. The molecule has 1 N–H and O–H groups in total. The van der Waals surface area contributed by atoms with Crippen LogP contribution in [0, 0.1) is 5.92 Å². The van der Waals surface area contributed by atoms with Gasteiger partial charge in [-0.3, -0.25) is 9.36 Å². The van der Waals surface area contributed by atoms with Gasteiger partial charge in [0.1, 0.15) is 17.8 Å². The van der Waals surface area contributed by atoms with E-state index in [-0.39, 0.29) is 5.91 Å². The van der Waals surface area contributed by atoms with Crippen molar-refractivity contribution < 1.29 is 14.6 Å². The van der Waals surface area contributed by atoms with Crippen molar-refractivity contribution in [2.75, 3.05) is 44.3 Å². The van der Waals surface area contributed by atoms with E-state index >= 15 is 0 Å². The van der Waals surface area contributed by atoms with E-state index in [2.05, 4.69) is 27.0 Å². The van der Waals surface area contributed by atoms with Crippen molar-refractivity contribution in [3.8, 4) is 5.95 Å². The van der Waals surface area contributed by atoms with Gasteiger partial charge in [0.15, 0.2) is 17.0 Å². The van der Waals surface area contributed by atoms with Crippen molar-refractivity contribution >= 4 is 33.9 Å². The molecule has 0 spiro atoms. The van der Waals surface area contributed by atoms with Crippen molar-refractivity contribution in [2.24, 2.45) is 13.0 Å². The summed E-state index contributed by atoms with van der Waals surface area (Å²) >= 11 is 0. The minimum absolute atomic E-state index is 0.187. The average molecular weight is 533 g/mol. The number of aromatic nitrogens is 6. The number of carbonyl (C=O) groups is 1. The van der Waals surface area contributed by atoms with Crippen LogP contribution in [-0.4, -0.2) is 90.5 Å². The van der Waals surface area contributed by atoms with Gasteiger partial charge in [0.05, 0.1) is 24.2 Å². The van der Waals surface area contributed by atoms with Crippen LogP contribution in [-0.2, 0) is 29.4 Å². The van der Waals surface area contributed by atoms with Gasteiger partial charge in [-0.15, -0.1) is 0 Å². The summed E-state index contributed by atoms with van der Waals surface area (Å²) in [5.74, 6) is 3.54. The zero-order valence-corrected chi connectivity index (χ0v) is 22.9. The molecule has 0 saturated carbocycles. The highest BCUT2D eigenvalue weighted by molar-refractivity contribution is 5.86. The second-order valence-electron chi connectivity index (χ2n) is 10.6. The van der Waals surface area contributed by atoms with E-state index in [9.17, 15) is 9.90 Å². The number of nitrogens with zero attached hydrogens (tertiary/aromatic N) is 8. The number of aliphatic hydroxyl groups is 1. The summed E-state index contributed by atoms with van der Waals surface area (Å²) in [5.41, 5.74) is 3.53. The summed E-state index contributed by atoms with van der Waals surface area (Å²) in [5, 5.41) is 9.67. The van der Waals surface area contributed by atoms with Gasteiger partial charge in [-0.1, -0.05) is 19.1 Å². The number of morpholine rings is 1. The third-order valence-electron chi connectivity index (χ3n) is 7.99. The lowest BCUT2D eigenvalue weighted by Gasteiger charge is -2.32. The number of carbonyl (C=O) groups excluding carboxylic acids is 1. The largest absolute Gasteiger partial charge is 0.384 e. The topological polar surface area (TPSA) is 114 Å². The molecule has 0 bridgehead atoms. The third kappa shape index (κ3) is 4.74. The Balaban J connectivity index is 1.39. The van der Waals surface area contributed by atoms with Crippen LogP contribution in [0.3, 0.4) is 0 Å². The third-order valence-corrected chi connectivity index (χ3v) is 7.99. The van der Waals surface area contributed by atoms with Gasteiger partial charge in [0, 0.05) is 46.1 Å². The van der Waals surface area contributed by atoms with Gasteiger partial charge in [0.25, 0.3) is 5.91 Å². The van der Waals surface area contributed by atoms with Crippen LogP contribution >= 0.6 is 0 Å². The first-order valence-electron chi connectivity index (χ1n) is 13.9. The Labute approximate surface area is 227 Å². The highest BCUT2D eigenvalue weighted by atomic mass is 16.5. The van der Waals surface area contributed by atoms with Crippen molar-refractivity contribution in [2.45, 2.75) is 45.6 Å². The predicted molar refractivity (Wildman–Crippen MR) is 148 cm³/mol. The van der Waals surface area contributed by atoms with Gasteiger partial charge in [-0.05, 0) is 37.8 Å². The Morgan fingerprint density at radius 3 is 2.51 bits per heavy atom. The molecule has 1 aromatic carbocycles. The van der Waals surface area contributed by atoms with Crippen LogP contribution in [0.2, 0.25) is 0 Å². The minimum atomic E-state index is -0.950. The first kappa shape index (κ1) is 25.7. The van der Waals surface area contributed by atoms with Gasteiger partial charge in [-0.2, -0.15) is 9.97 Å². The monoisotopic (exact) mass is 532 g/mol. The fraction of sp³-hybridized carbons (Fsp3) is 0.536. The molecule has 206 valence electrons. The maximum atomic E-state index is 12.2. The number of anilines is 1. The SMILES string of the molecule is CCc1nc2ccccc2n1-c1nc(N2CCOCC2)c2nc(CC3CCN(C(=O)C(C)O)CC3)n(C)c2n1. The number of piperidine rings is 1. The number of rotatable bonds is 6. The number of imidazole rings is 2. The van der Waals surface area contributed by atoms with Crippen LogP contribution in [0.25, 0.3) is 28.1 Å². The quantitative estimate of drug-likeness (QED) is 0.402. The molecule has 4 aromatic rings. The summed E-state index contributed by atoms with van der Waals surface area (Å²) in [6.45, 7) is 7.75. The summed E-state index contributed by atoms with van der Waals surface area (Å²) in [6, 6.07) is 8.10. The number of hydrogen-bond acceptors (Lipinski definition) is 8. The number of aryl methyl sites for hydroxylation is 2. The number of likely N-dealkylation sites (tertiary alicyclic amines) is 1. The molecule has 11 nitrogen and oxygen atoms in total. The van der Waals surface area contributed by atoms with Crippen LogP contribution in [0.4, 0.5) is 5.82 Å². The maximum Gasteiger partial charge on any atom is 0.251 e. The Morgan fingerprint density at radius 2 is 1.79 bits per heavy atom. The molecule has 39 heavy (non-hydrogen) atoms. The lowest BCUT2D eigenvalue weighted by Crippen LogP contribution is -2.43. The molecule has 2 aliphatic heterocycles. The molecule has 1 atom stereocenters. The van der Waals surface area contributed by atoms with E-state index in [4.69, 9.17) is 24.7 Å². The van der Waals surface area contributed by atoms with E-state index in [0.717, 1.165) is 78.4 Å². The molecule has 1 unspecified atom stereocenters. The summed E-state index contributed by atoms with van der Waals surface area (Å²) in [6.07, 6.45) is 2.38. The first-order chi connectivity index (χ1) is 18.9. The smallest absolute Gasteiger partial charge is 0.251 e. The Kier molecular flexibility index (Phi) is 6.94. The Hall–Kier alpha value is -3.57. The van der Waals surface area contributed by atoms with Crippen molar-refractivity contribution in [3.63, 3.8) is 0 Å². The number of amides is 1. The van der Waals surface area contributed by atoms with E-state index in [1.807, 2.05) is 25.2 Å². The van der Waals surface area contributed by atoms with E-state index in [1.165, 1.54) is 6.92 Å². The number of para-hydroxylation sites is 2. The molecule has 0 aliphatic carbocycles. The summed E-state index contributed by atoms with van der Waals surface area (Å²) < 4.78 is 9.80. The van der Waals surface area contributed by atoms with Gasteiger partial charge < -0.3 is 24.2 Å². The molecule has 3 aromatic heterocycles. The fourth-order valence-electron chi connectivity index (χ4n) is 5.77. The second kappa shape index (κ2) is 10.5. The standard InChI is InChI=1S/C28H36N8O3/c1-4-22-29-20-7-5-6-8-21(20)36(22)28-31-25-24(26(32-28)34-13-15-39-16-14-34)30-23(33(25)3)17-19-9-11-35(12-10-19)27(38)18(2)37/h5-8,18-19,37H,4,9-17H2,1-3H3. The number of aliphatic hydroxyl groups excluding tert-OH is 1. The minimum Gasteiger partial charge on any atom is -0.384 e. The maximum absolute atomic E-state index is 12.2. The molecule has 5 heterocycles. The average Bonchev–Trinajstić information content (AvgIpc) is 3.50. The second-order valence-corrected chi connectivity index (χ2v) is 10.6. The highest BCUT2D eigenvalue weighted by Crippen LogP contribution is 2.30. The van der Waals surface area contributed by atoms with Gasteiger partial charge in [-0.25, -0.2) is 9.97 Å².